The summed E-state index contributed by atoms with van der Waals surface area (Å²) in [6, 6.07) is 11.1. The third kappa shape index (κ3) is 4.51. The zero-order chi connectivity index (χ0) is 20.3. The SMILES string of the molecule is Cc1ccc(CN2C(=O)COC[C@H]2C(=O)Nc2ccccc2C(F)(F)F)cc1. The van der Waals surface area contributed by atoms with Gasteiger partial charge in [0.25, 0.3) is 0 Å². The van der Waals surface area contributed by atoms with E-state index in [-0.39, 0.29) is 25.4 Å². The highest BCUT2D eigenvalue weighted by molar-refractivity contribution is 5.98. The molecule has 1 atom stereocenters. The Hall–Kier alpha value is -2.87. The number of aryl methyl sites for hydroxylation is 1. The normalized spacial score (nSPS) is 17.5. The van der Waals surface area contributed by atoms with Gasteiger partial charge in [-0.15, -0.1) is 0 Å². The summed E-state index contributed by atoms with van der Waals surface area (Å²) < 4.78 is 44.6. The second-order valence-electron chi connectivity index (χ2n) is 6.57. The van der Waals surface area contributed by atoms with E-state index in [1.165, 1.54) is 23.1 Å². The van der Waals surface area contributed by atoms with Crippen LogP contribution in [-0.4, -0.2) is 36.0 Å². The number of carbonyl (C=O) groups is 2. The first-order valence-electron chi connectivity index (χ1n) is 8.65. The van der Waals surface area contributed by atoms with Gasteiger partial charge < -0.3 is 15.0 Å². The Balaban J connectivity index is 1.81. The van der Waals surface area contributed by atoms with Crippen molar-refractivity contribution >= 4 is 17.5 Å². The van der Waals surface area contributed by atoms with Crippen molar-refractivity contribution in [1.82, 2.24) is 4.90 Å². The highest BCUT2D eigenvalue weighted by Gasteiger charge is 2.37. The molecule has 28 heavy (non-hydrogen) atoms. The van der Waals surface area contributed by atoms with Crippen LogP contribution in [0.3, 0.4) is 0 Å². The predicted molar refractivity (Wildman–Crippen MR) is 96.4 cm³/mol. The number of amides is 2. The molecule has 1 fully saturated rings. The molecule has 0 aromatic heterocycles. The van der Waals surface area contributed by atoms with Crippen molar-refractivity contribution in [1.29, 1.82) is 0 Å². The molecule has 0 aliphatic carbocycles. The molecule has 2 aromatic carbocycles. The van der Waals surface area contributed by atoms with E-state index in [1.54, 1.807) is 0 Å². The minimum Gasteiger partial charge on any atom is -0.369 e. The van der Waals surface area contributed by atoms with Gasteiger partial charge in [0, 0.05) is 6.54 Å². The summed E-state index contributed by atoms with van der Waals surface area (Å²) in [6.07, 6.45) is -4.61. The number of benzene rings is 2. The lowest BCUT2D eigenvalue weighted by atomic mass is 10.1. The van der Waals surface area contributed by atoms with Crippen LogP contribution >= 0.6 is 0 Å². The molecule has 1 aliphatic heterocycles. The van der Waals surface area contributed by atoms with E-state index >= 15 is 0 Å². The van der Waals surface area contributed by atoms with Gasteiger partial charge in [0.2, 0.25) is 11.8 Å². The number of hydrogen-bond acceptors (Lipinski definition) is 3. The average Bonchev–Trinajstić information content (AvgIpc) is 2.64. The summed E-state index contributed by atoms with van der Waals surface area (Å²) in [5, 5.41) is 2.30. The van der Waals surface area contributed by atoms with E-state index in [4.69, 9.17) is 4.74 Å². The first kappa shape index (κ1) is 19.9. The number of nitrogens with zero attached hydrogens (tertiary/aromatic N) is 1. The van der Waals surface area contributed by atoms with E-state index in [1.807, 2.05) is 31.2 Å². The number of carbonyl (C=O) groups excluding carboxylic acids is 2. The van der Waals surface area contributed by atoms with Crippen molar-refractivity contribution in [2.45, 2.75) is 25.7 Å². The monoisotopic (exact) mass is 392 g/mol. The molecule has 8 heteroatoms. The van der Waals surface area contributed by atoms with Crippen LogP contribution in [0.1, 0.15) is 16.7 Å². The Morgan fingerprint density at radius 3 is 2.54 bits per heavy atom. The highest BCUT2D eigenvalue weighted by atomic mass is 19.4. The van der Waals surface area contributed by atoms with Crippen LogP contribution in [0.2, 0.25) is 0 Å². The number of alkyl halides is 3. The molecule has 1 heterocycles. The summed E-state index contributed by atoms with van der Waals surface area (Å²) in [7, 11) is 0. The smallest absolute Gasteiger partial charge is 0.369 e. The number of para-hydroxylation sites is 1. The van der Waals surface area contributed by atoms with Gasteiger partial charge in [-0.05, 0) is 24.6 Å². The summed E-state index contributed by atoms with van der Waals surface area (Å²) in [6.45, 7) is 1.84. The Labute approximate surface area is 160 Å². The van der Waals surface area contributed by atoms with Crippen LogP contribution in [0.5, 0.6) is 0 Å². The molecular formula is C20H19F3N2O3. The molecule has 2 amide bonds. The van der Waals surface area contributed by atoms with Crippen molar-refractivity contribution < 1.29 is 27.5 Å². The van der Waals surface area contributed by atoms with Crippen molar-refractivity contribution in [3.8, 4) is 0 Å². The summed E-state index contributed by atoms with van der Waals surface area (Å²) in [5.41, 5.74) is 0.564. The number of hydrogen-bond donors (Lipinski definition) is 1. The molecular weight excluding hydrogens is 373 g/mol. The summed E-state index contributed by atoms with van der Waals surface area (Å²) in [4.78, 5) is 26.3. The number of morpholine rings is 1. The van der Waals surface area contributed by atoms with Crippen LogP contribution < -0.4 is 5.32 Å². The lowest BCUT2D eigenvalue weighted by Crippen LogP contribution is -2.54. The van der Waals surface area contributed by atoms with Crippen LogP contribution in [0, 0.1) is 6.92 Å². The molecule has 5 nitrogen and oxygen atoms in total. The van der Waals surface area contributed by atoms with Gasteiger partial charge in [0.1, 0.15) is 12.6 Å². The first-order chi connectivity index (χ1) is 13.3. The third-order valence-electron chi connectivity index (χ3n) is 4.46. The second-order valence-corrected chi connectivity index (χ2v) is 6.57. The standard InChI is InChI=1S/C20H19F3N2O3/c1-13-6-8-14(9-7-13)10-25-17(11-28-12-18(25)26)19(27)24-16-5-3-2-4-15(16)20(21,22)23/h2-9,17H,10-12H2,1H3,(H,24,27)/t17-/m0/s1. The molecule has 0 radical (unpaired) electrons. The quantitative estimate of drug-likeness (QED) is 0.868. The Kier molecular flexibility index (Phi) is 5.69. The van der Waals surface area contributed by atoms with E-state index in [9.17, 15) is 22.8 Å². The third-order valence-corrected chi connectivity index (χ3v) is 4.46. The molecule has 1 aliphatic rings. The molecule has 0 saturated carbocycles. The van der Waals surface area contributed by atoms with E-state index in [0.717, 1.165) is 17.2 Å². The molecule has 1 N–H and O–H groups in total. The molecule has 0 bridgehead atoms. The Bertz CT molecular complexity index is 866. The summed E-state index contributed by atoms with van der Waals surface area (Å²) in [5.74, 6) is -1.12. The maximum atomic E-state index is 13.2. The predicted octanol–water partition coefficient (Wildman–Crippen LogP) is 3.38. The van der Waals surface area contributed by atoms with Gasteiger partial charge in [-0.1, -0.05) is 42.0 Å². The molecule has 0 unspecified atom stereocenters. The first-order valence-corrected chi connectivity index (χ1v) is 8.65. The number of nitrogens with one attached hydrogen (secondary N) is 1. The van der Waals surface area contributed by atoms with Gasteiger partial charge in [0.15, 0.2) is 0 Å². The van der Waals surface area contributed by atoms with Gasteiger partial charge >= 0.3 is 6.18 Å². The van der Waals surface area contributed by atoms with Gasteiger partial charge in [-0.2, -0.15) is 13.2 Å². The number of anilines is 1. The number of halogens is 3. The fraction of sp³-hybridized carbons (Fsp3) is 0.300. The molecule has 3 rings (SSSR count). The fourth-order valence-electron chi connectivity index (χ4n) is 2.97. The van der Waals surface area contributed by atoms with Crippen molar-refractivity contribution in [2.24, 2.45) is 0 Å². The van der Waals surface area contributed by atoms with Crippen molar-refractivity contribution in [3.05, 3.63) is 65.2 Å². The average molecular weight is 392 g/mol. The maximum Gasteiger partial charge on any atom is 0.418 e. The van der Waals surface area contributed by atoms with E-state index in [0.29, 0.717) is 0 Å². The number of ether oxygens (including phenoxy) is 1. The van der Waals surface area contributed by atoms with Crippen LogP contribution in [0.25, 0.3) is 0 Å². The Morgan fingerprint density at radius 2 is 1.86 bits per heavy atom. The highest BCUT2D eigenvalue weighted by Crippen LogP contribution is 2.34. The minimum atomic E-state index is -4.61. The lowest BCUT2D eigenvalue weighted by Gasteiger charge is -2.34. The molecule has 0 spiro atoms. The largest absolute Gasteiger partial charge is 0.418 e. The molecule has 148 valence electrons. The Morgan fingerprint density at radius 1 is 1.18 bits per heavy atom. The van der Waals surface area contributed by atoms with Crippen LogP contribution in [-0.2, 0) is 27.0 Å². The van der Waals surface area contributed by atoms with Crippen LogP contribution in [0.4, 0.5) is 18.9 Å². The molecule has 2 aromatic rings. The topological polar surface area (TPSA) is 58.6 Å². The minimum absolute atomic E-state index is 0.0857. The zero-order valence-corrected chi connectivity index (χ0v) is 15.1. The number of rotatable bonds is 4. The van der Waals surface area contributed by atoms with Gasteiger partial charge in [-0.3, -0.25) is 9.59 Å². The maximum absolute atomic E-state index is 13.2. The van der Waals surface area contributed by atoms with Crippen molar-refractivity contribution in [2.75, 3.05) is 18.5 Å². The lowest BCUT2D eigenvalue weighted by molar-refractivity contribution is -0.154. The zero-order valence-electron chi connectivity index (χ0n) is 15.1. The van der Waals surface area contributed by atoms with Gasteiger partial charge in [0.05, 0.1) is 17.9 Å². The van der Waals surface area contributed by atoms with E-state index in [2.05, 4.69) is 5.32 Å². The van der Waals surface area contributed by atoms with E-state index < -0.39 is 29.6 Å². The van der Waals surface area contributed by atoms with Crippen molar-refractivity contribution in [3.63, 3.8) is 0 Å². The van der Waals surface area contributed by atoms with Gasteiger partial charge in [-0.25, -0.2) is 0 Å². The summed E-state index contributed by atoms with van der Waals surface area (Å²) >= 11 is 0. The van der Waals surface area contributed by atoms with Crippen LogP contribution in [0.15, 0.2) is 48.5 Å². The fourth-order valence-corrected chi connectivity index (χ4v) is 2.97. The second kappa shape index (κ2) is 8.02. The molecule has 1 saturated heterocycles.